The summed E-state index contributed by atoms with van der Waals surface area (Å²) in [5.74, 6) is -7.90. The molecule has 0 aliphatic rings. The molecule has 2 aromatic rings. The zero-order chi connectivity index (χ0) is 18.1. The van der Waals surface area contributed by atoms with Crippen LogP contribution in [-0.2, 0) is 9.59 Å². The molecule has 8 nitrogen and oxygen atoms in total. The molecule has 0 saturated heterocycles. The van der Waals surface area contributed by atoms with Crippen LogP contribution in [-0.4, -0.2) is 55.1 Å². The van der Waals surface area contributed by atoms with E-state index in [1.165, 1.54) is 22.9 Å². The number of hydrogen-bond acceptors (Lipinski definition) is 8. The quantitative estimate of drug-likeness (QED) is 0.407. The molecule has 2 unspecified atom stereocenters. The zero-order valence-electron chi connectivity index (χ0n) is 11.7. The van der Waals surface area contributed by atoms with Gasteiger partial charge in [-0.25, -0.2) is 9.59 Å². The summed E-state index contributed by atoms with van der Waals surface area (Å²) in [6.45, 7) is 0. The van der Waals surface area contributed by atoms with Gasteiger partial charge in [0.15, 0.2) is 0 Å². The Morgan fingerprint density at radius 1 is 0.750 bits per heavy atom. The van der Waals surface area contributed by atoms with Gasteiger partial charge in [-0.1, -0.05) is 12.1 Å². The van der Waals surface area contributed by atoms with E-state index in [-0.39, 0.29) is 9.75 Å². The molecular weight excluding hydrogens is 360 g/mol. The third-order valence-electron chi connectivity index (χ3n) is 3.29. The lowest BCUT2D eigenvalue weighted by Crippen LogP contribution is -2.71. The molecule has 126 valence electrons. The van der Waals surface area contributed by atoms with Crippen LogP contribution in [0.1, 0.15) is 19.3 Å². The molecule has 0 aromatic carbocycles. The van der Waals surface area contributed by atoms with Crippen molar-refractivity contribution in [1.82, 2.24) is 0 Å². The Hall–Kier alpha value is -2.40. The molecule has 2 atom stereocenters. The third kappa shape index (κ3) is 2.45. The molecule has 10 heteroatoms. The molecule has 24 heavy (non-hydrogen) atoms. The highest BCUT2D eigenvalue weighted by Crippen LogP contribution is 2.33. The number of ketones is 2. The number of rotatable bonds is 7. The molecule has 0 spiro atoms. The van der Waals surface area contributed by atoms with E-state index in [0.29, 0.717) is 0 Å². The summed E-state index contributed by atoms with van der Waals surface area (Å²) in [4.78, 5) is 47.3. The van der Waals surface area contributed by atoms with Crippen LogP contribution in [0.25, 0.3) is 0 Å². The van der Waals surface area contributed by atoms with Crippen LogP contribution in [0.3, 0.4) is 0 Å². The van der Waals surface area contributed by atoms with Gasteiger partial charge in [0.2, 0.25) is 11.6 Å². The van der Waals surface area contributed by atoms with E-state index in [9.17, 15) is 39.6 Å². The number of thiophene rings is 2. The Bertz CT molecular complexity index is 727. The Morgan fingerprint density at radius 3 is 1.29 bits per heavy atom. The summed E-state index contributed by atoms with van der Waals surface area (Å²) in [6, 6.07) is 5.00. The lowest BCUT2D eigenvalue weighted by atomic mass is 9.75. The highest BCUT2D eigenvalue weighted by molar-refractivity contribution is 7.12. The molecule has 0 radical (unpaired) electrons. The standard InChI is InChI=1S/C14H10O8S2/c15-9(7-3-1-5-23-7)13(21,11(17)18)14(22,12(19)20)10(16)8-4-2-6-24-8/h1-6,21-22H,(H,17,18)(H,19,20). The minimum absolute atomic E-state index is 0.321. The van der Waals surface area contributed by atoms with Gasteiger partial charge in [-0.05, 0) is 22.9 Å². The molecule has 0 amide bonds. The van der Waals surface area contributed by atoms with Gasteiger partial charge in [-0.15, -0.1) is 22.7 Å². The number of carboxylic acids is 2. The van der Waals surface area contributed by atoms with E-state index < -0.39 is 34.7 Å². The molecule has 0 aliphatic carbocycles. The van der Waals surface area contributed by atoms with Crippen molar-refractivity contribution in [2.75, 3.05) is 0 Å². The van der Waals surface area contributed by atoms with Crippen LogP contribution in [0.4, 0.5) is 0 Å². The summed E-state index contributed by atoms with van der Waals surface area (Å²) in [5.41, 5.74) is -7.80. The maximum absolute atomic E-state index is 12.4. The number of aliphatic carboxylic acids is 2. The smallest absolute Gasteiger partial charge is 0.348 e. The van der Waals surface area contributed by atoms with Crippen LogP contribution in [0.2, 0.25) is 0 Å². The first-order valence-corrected chi connectivity index (χ1v) is 8.01. The third-order valence-corrected chi connectivity index (χ3v) is 5.03. The van der Waals surface area contributed by atoms with Crippen molar-refractivity contribution >= 4 is 46.2 Å². The van der Waals surface area contributed by atoms with Crippen LogP contribution < -0.4 is 0 Å². The van der Waals surface area contributed by atoms with Crippen LogP contribution in [0.5, 0.6) is 0 Å². The predicted molar refractivity (Wildman–Crippen MR) is 82.5 cm³/mol. The fraction of sp³-hybridized carbons (Fsp3) is 0.143. The fourth-order valence-corrected chi connectivity index (χ4v) is 3.44. The molecule has 0 fully saturated rings. The van der Waals surface area contributed by atoms with Crippen LogP contribution >= 0.6 is 22.7 Å². The Balaban J connectivity index is 2.69. The summed E-state index contributed by atoms with van der Waals surface area (Å²) in [7, 11) is 0. The van der Waals surface area contributed by atoms with Crippen molar-refractivity contribution in [3.63, 3.8) is 0 Å². The van der Waals surface area contributed by atoms with E-state index in [1.54, 1.807) is 0 Å². The lowest BCUT2D eigenvalue weighted by Gasteiger charge is -2.33. The van der Waals surface area contributed by atoms with Crippen molar-refractivity contribution < 1.29 is 39.6 Å². The normalized spacial score (nSPS) is 15.9. The van der Waals surface area contributed by atoms with E-state index in [2.05, 4.69) is 0 Å². The number of carbonyl (C=O) groups excluding carboxylic acids is 2. The zero-order valence-corrected chi connectivity index (χ0v) is 13.3. The number of carboxylic acid groups (broad SMARTS) is 2. The fourth-order valence-electron chi connectivity index (χ4n) is 2.00. The monoisotopic (exact) mass is 370 g/mol. The maximum atomic E-state index is 12.4. The second-order valence-corrected chi connectivity index (χ2v) is 6.54. The molecule has 2 aromatic heterocycles. The molecule has 0 saturated carbocycles. The molecule has 2 rings (SSSR count). The van der Waals surface area contributed by atoms with Crippen molar-refractivity contribution in [3.8, 4) is 0 Å². The van der Waals surface area contributed by atoms with E-state index in [0.717, 1.165) is 34.8 Å². The average molecular weight is 370 g/mol. The average Bonchev–Trinajstić information content (AvgIpc) is 3.23. The summed E-state index contributed by atoms with van der Waals surface area (Å²) in [6.07, 6.45) is 0. The largest absolute Gasteiger partial charge is 0.479 e. The molecule has 0 aliphatic heterocycles. The Morgan fingerprint density at radius 2 is 1.08 bits per heavy atom. The van der Waals surface area contributed by atoms with E-state index in [1.807, 2.05) is 0 Å². The van der Waals surface area contributed by atoms with Crippen LogP contribution in [0, 0.1) is 0 Å². The van der Waals surface area contributed by atoms with Gasteiger partial charge < -0.3 is 20.4 Å². The molecule has 4 N–H and O–H groups in total. The van der Waals surface area contributed by atoms with Crippen molar-refractivity contribution in [2.45, 2.75) is 11.2 Å². The Labute approximate surface area is 142 Å². The number of aliphatic hydroxyl groups is 2. The lowest BCUT2D eigenvalue weighted by molar-refractivity contribution is -0.187. The highest BCUT2D eigenvalue weighted by Gasteiger charge is 2.70. The minimum Gasteiger partial charge on any atom is -0.479 e. The predicted octanol–water partition coefficient (Wildman–Crippen LogP) is 0.507. The highest BCUT2D eigenvalue weighted by atomic mass is 32.1. The van der Waals surface area contributed by atoms with E-state index in [4.69, 9.17) is 0 Å². The van der Waals surface area contributed by atoms with Gasteiger partial charge >= 0.3 is 11.9 Å². The molecule has 2 heterocycles. The summed E-state index contributed by atoms with van der Waals surface area (Å²) < 4.78 is 0. The second-order valence-electron chi connectivity index (χ2n) is 4.64. The molecular formula is C14H10O8S2. The van der Waals surface area contributed by atoms with Gasteiger partial charge in [0.25, 0.3) is 11.2 Å². The number of Topliss-reactive ketones (excluding diaryl/α,β-unsaturated/α-hetero) is 2. The van der Waals surface area contributed by atoms with Gasteiger partial charge in [-0.2, -0.15) is 0 Å². The first-order valence-electron chi connectivity index (χ1n) is 6.25. The maximum Gasteiger partial charge on any atom is 0.348 e. The van der Waals surface area contributed by atoms with Gasteiger partial charge in [0, 0.05) is 0 Å². The van der Waals surface area contributed by atoms with Gasteiger partial charge in [0.1, 0.15) is 0 Å². The van der Waals surface area contributed by atoms with E-state index >= 15 is 0 Å². The van der Waals surface area contributed by atoms with Gasteiger partial charge in [0.05, 0.1) is 9.75 Å². The van der Waals surface area contributed by atoms with Crippen molar-refractivity contribution in [2.24, 2.45) is 0 Å². The van der Waals surface area contributed by atoms with Crippen molar-refractivity contribution in [1.29, 1.82) is 0 Å². The topological polar surface area (TPSA) is 149 Å². The van der Waals surface area contributed by atoms with Gasteiger partial charge in [-0.3, -0.25) is 9.59 Å². The first kappa shape index (κ1) is 17.9. The number of hydrogen-bond donors (Lipinski definition) is 4. The minimum atomic E-state index is -3.90. The summed E-state index contributed by atoms with van der Waals surface area (Å²) in [5, 5.41) is 42.2. The number of carbonyl (C=O) groups is 4. The second kappa shape index (κ2) is 6.24. The SMILES string of the molecule is O=C(O)C(O)(C(=O)c1cccs1)C(O)(C(=O)O)C(=O)c1cccs1. The molecule has 0 bridgehead atoms. The van der Waals surface area contributed by atoms with Crippen LogP contribution in [0.15, 0.2) is 35.0 Å². The van der Waals surface area contributed by atoms with Crippen molar-refractivity contribution in [3.05, 3.63) is 44.8 Å². The summed E-state index contributed by atoms with van der Waals surface area (Å²) >= 11 is 1.45. The first-order chi connectivity index (χ1) is 11.2. The Kier molecular flexibility index (Phi) is 4.67.